The van der Waals surface area contributed by atoms with Gasteiger partial charge >= 0.3 is 0 Å². The highest BCUT2D eigenvalue weighted by atomic mass is 16.2. The fourth-order valence-corrected chi connectivity index (χ4v) is 3.23. The van der Waals surface area contributed by atoms with E-state index in [0.29, 0.717) is 11.1 Å². The number of rotatable bonds is 2. The Labute approximate surface area is 128 Å². The van der Waals surface area contributed by atoms with Gasteiger partial charge in [0.05, 0.1) is 11.6 Å². The highest BCUT2D eigenvalue weighted by molar-refractivity contribution is 6.05. The molecule has 0 radical (unpaired) electrons. The molecule has 2 heterocycles. The highest BCUT2D eigenvalue weighted by Gasteiger charge is 2.25. The summed E-state index contributed by atoms with van der Waals surface area (Å²) in [4.78, 5) is 24.8. The van der Waals surface area contributed by atoms with Crippen molar-refractivity contribution < 1.29 is 9.59 Å². The molecule has 22 heavy (non-hydrogen) atoms. The third-order valence-corrected chi connectivity index (χ3v) is 4.50. The predicted octanol–water partition coefficient (Wildman–Crippen LogP) is 1.63. The molecule has 6 heteroatoms. The molecule has 1 aliphatic heterocycles. The van der Waals surface area contributed by atoms with Crippen LogP contribution in [0.25, 0.3) is 10.9 Å². The molecule has 1 aliphatic rings. The van der Waals surface area contributed by atoms with Crippen molar-refractivity contribution in [1.29, 1.82) is 0 Å². The van der Waals surface area contributed by atoms with Crippen LogP contribution in [0.5, 0.6) is 0 Å². The van der Waals surface area contributed by atoms with Crippen molar-refractivity contribution in [2.24, 2.45) is 5.73 Å². The van der Waals surface area contributed by atoms with Crippen LogP contribution in [0.2, 0.25) is 0 Å². The number of likely N-dealkylation sites (tertiary alicyclic amines) is 1. The van der Waals surface area contributed by atoms with Gasteiger partial charge in [-0.1, -0.05) is 12.1 Å². The summed E-state index contributed by atoms with van der Waals surface area (Å²) < 4.78 is 1.99. The lowest BCUT2D eigenvalue weighted by Crippen LogP contribution is -2.38. The zero-order valence-electron chi connectivity index (χ0n) is 12.9. The van der Waals surface area contributed by atoms with Gasteiger partial charge in [0.25, 0.3) is 5.91 Å². The Kier molecular flexibility index (Phi) is 3.60. The van der Waals surface area contributed by atoms with Gasteiger partial charge in [-0.25, -0.2) is 0 Å². The number of fused-ring (bicyclic) bond motifs is 1. The number of hydrogen-bond donors (Lipinski definition) is 1. The fourth-order valence-electron chi connectivity index (χ4n) is 3.23. The number of benzene rings is 1. The second kappa shape index (κ2) is 5.44. The molecule has 1 aromatic carbocycles. The number of primary amides is 1. The number of carbonyl (C=O) groups excluding carboxylic acids is 2. The van der Waals surface area contributed by atoms with Crippen LogP contribution in [-0.4, -0.2) is 39.6 Å². The Hall–Kier alpha value is -2.37. The zero-order chi connectivity index (χ0) is 15.9. The second-order valence-electron chi connectivity index (χ2n) is 5.83. The van der Waals surface area contributed by atoms with E-state index in [1.165, 1.54) is 0 Å². The summed E-state index contributed by atoms with van der Waals surface area (Å²) in [5.74, 6) is -0.335. The predicted molar refractivity (Wildman–Crippen MR) is 83.5 cm³/mol. The Morgan fingerprint density at radius 2 is 1.95 bits per heavy atom. The average Bonchev–Trinajstić information content (AvgIpc) is 2.84. The second-order valence-corrected chi connectivity index (χ2v) is 5.83. The van der Waals surface area contributed by atoms with E-state index >= 15 is 0 Å². The molecular weight excluding hydrogens is 280 g/mol. The Morgan fingerprint density at radius 1 is 1.27 bits per heavy atom. The molecule has 116 valence electrons. The summed E-state index contributed by atoms with van der Waals surface area (Å²) in [6, 6.07) is 5.76. The van der Waals surface area contributed by atoms with Gasteiger partial charge in [-0.15, -0.1) is 0 Å². The average molecular weight is 300 g/mol. The molecule has 1 saturated heterocycles. The molecular formula is C16H20N4O2. The van der Waals surface area contributed by atoms with Gasteiger partial charge in [0, 0.05) is 31.1 Å². The SMILES string of the molecule is CC(=O)N1CCC(n2nc3c(C(N)=O)cccc3c2C)CC1. The number of nitrogens with two attached hydrogens (primary N) is 1. The summed E-state index contributed by atoms with van der Waals surface area (Å²) in [6.45, 7) is 5.11. The lowest BCUT2D eigenvalue weighted by molar-refractivity contribution is -0.130. The molecule has 0 atom stereocenters. The van der Waals surface area contributed by atoms with E-state index in [2.05, 4.69) is 5.10 Å². The largest absolute Gasteiger partial charge is 0.366 e. The van der Waals surface area contributed by atoms with Crippen molar-refractivity contribution in [1.82, 2.24) is 14.7 Å². The van der Waals surface area contributed by atoms with Gasteiger partial charge in [-0.3, -0.25) is 14.3 Å². The summed E-state index contributed by atoms with van der Waals surface area (Å²) in [5.41, 5.74) is 7.60. The molecule has 0 bridgehead atoms. The topological polar surface area (TPSA) is 81.2 Å². The zero-order valence-corrected chi connectivity index (χ0v) is 12.9. The van der Waals surface area contributed by atoms with Gasteiger partial charge in [0.1, 0.15) is 5.52 Å². The van der Waals surface area contributed by atoms with E-state index in [9.17, 15) is 9.59 Å². The van der Waals surface area contributed by atoms with E-state index in [1.807, 2.05) is 28.6 Å². The minimum atomic E-state index is -0.457. The molecule has 2 N–H and O–H groups in total. The quantitative estimate of drug-likeness (QED) is 0.915. The molecule has 2 aromatic rings. The van der Waals surface area contributed by atoms with Crippen LogP contribution >= 0.6 is 0 Å². The van der Waals surface area contributed by atoms with E-state index in [-0.39, 0.29) is 11.9 Å². The number of amides is 2. The van der Waals surface area contributed by atoms with Crippen LogP contribution in [-0.2, 0) is 4.79 Å². The highest BCUT2D eigenvalue weighted by Crippen LogP contribution is 2.28. The van der Waals surface area contributed by atoms with E-state index in [1.54, 1.807) is 13.0 Å². The number of carbonyl (C=O) groups is 2. The standard InChI is InChI=1S/C16H20N4O2/c1-10-13-4-3-5-14(16(17)22)15(13)18-20(10)12-6-8-19(9-7-12)11(2)21/h3-5,12H,6-9H2,1-2H3,(H2,17,22). The van der Waals surface area contributed by atoms with Crippen LogP contribution < -0.4 is 5.73 Å². The van der Waals surface area contributed by atoms with Crippen LogP contribution in [0, 0.1) is 6.92 Å². The fraction of sp³-hybridized carbons (Fsp3) is 0.438. The molecule has 0 aliphatic carbocycles. The first-order valence-electron chi connectivity index (χ1n) is 7.52. The van der Waals surface area contributed by atoms with Crippen molar-refractivity contribution >= 4 is 22.7 Å². The number of aryl methyl sites for hydroxylation is 1. The number of nitrogens with zero attached hydrogens (tertiary/aromatic N) is 3. The van der Waals surface area contributed by atoms with Gasteiger partial charge in [0.2, 0.25) is 5.91 Å². The van der Waals surface area contributed by atoms with Crippen molar-refractivity contribution in [3.8, 4) is 0 Å². The maximum Gasteiger partial charge on any atom is 0.250 e. The van der Waals surface area contributed by atoms with E-state index in [0.717, 1.165) is 37.0 Å². The van der Waals surface area contributed by atoms with Crippen molar-refractivity contribution in [3.05, 3.63) is 29.5 Å². The Morgan fingerprint density at radius 3 is 2.55 bits per heavy atom. The lowest BCUT2D eigenvalue weighted by atomic mass is 10.0. The molecule has 3 rings (SSSR count). The number of aromatic nitrogens is 2. The molecule has 0 saturated carbocycles. The van der Waals surface area contributed by atoms with Crippen LogP contribution in [0.1, 0.15) is 41.9 Å². The van der Waals surface area contributed by atoms with Gasteiger partial charge < -0.3 is 10.6 Å². The van der Waals surface area contributed by atoms with Crippen molar-refractivity contribution in [2.45, 2.75) is 32.7 Å². The molecule has 2 amide bonds. The minimum Gasteiger partial charge on any atom is -0.366 e. The smallest absolute Gasteiger partial charge is 0.250 e. The molecule has 1 aromatic heterocycles. The third kappa shape index (κ3) is 2.34. The first-order valence-corrected chi connectivity index (χ1v) is 7.52. The minimum absolute atomic E-state index is 0.122. The van der Waals surface area contributed by atoms with E-state index in [4.69, 9.17) is 5.73 Å². The molecule has 6 nitrogen and oxygen atoms in total. The first-order chi connectivity index (χ1) is 10.5. The molecule has 1 fully saturated rings. The maximum absolute atomic E-state index is 11.6. The normalized spacial score (nSPS) is 16.2. The molecule has 0 spiro atoms. The summed E-state index contributed by atoms with van der Waals surface area (Å²) in [7, 11) is 0. The third-order valence-electron chi connectivity index (χ3n) is 4.50. The Bertz CT molecular complexity index is 742. The number of hydrogen-bond acceptors (Lipinski definition) is 3. The van der Waals surface area contributed by atoms with Gasteiger partial charge in [-0.2, -0.15) is 5.10 Å². The molecule has 0 unspecified atom stereocenters. The lowest BCUT2D eigenvalue weighted by Gasteiger charge is -2.31. The van der Waals surface area contributed by atoms with Crippen LogP contribution in [0.3, 0.4) is 0 Å². The summed E-state index contributed by atoms with van der Waals surface area (Å²) in [5, 5.41) is 5.60. The van der Waals surface area contributed by atoms with Gasteiger partial charge in [0.15, 0.2) is 0 Å². The first kappa shape index (κ1) is 14.6. The van der Waals surface area contributed by atoms with Crippen molar-refractivity contribution in [2.75, 3.05) is 13.1 Å². The number of piperidine rings is 1. The van der Waals surface area contributed by atoms with Crippen LogP contribution in [0.4, 0.5) is 0 Å². The van der Waals surface area contributed by atoms with Crippen LogP contribution in [0.15, 0.2) is 18.2 Å². The van der Waals surface area contributed by atoms with E-state index < -0.39 is 5.91 Å². The van der Waals surface area contributed by atoms with Gasteiger partial charge in [-0.05, 0) is 25.8 Å². The monoisotopic (exact) mass is 300 g/mol. The maximum atomic E-state index is 11.6. The summed E-state index contributed by atoms with van der Waals surface area (Å²) >= 11 is 0. The Balaban J connectivity index is 1.95. The van der Waals surface area contributed by atoms with Crippen molar-refractivity contribution in [3.63, 3.8) is 0 Å². The summed E-state index contributed by atoms with van der Waals surface area (Å²) in [6.07, 6.45) is 1.75.